The zero-order chi connectivity index (χ0) is 20.9. The van der Waals surface area contributed by atoms with Crippen LogP contribution >= 0.6 is 11.6 Å². The molecule has 2 aromatic heterocycles. The molecule has 8 nitrogen and oxygen atoms in total. The predicted octanol–water partition coefficient (Wildman–Crippen LogP) is 4.31. The van der Waals surface area contributed by atoms with Crippen molar-refractivity contribution in [2.24, 2.45) is 0 Å². The second-order valence-electron chi connectivity index (χ2n) is 7.08. The van der Waals surface area contributed by atoms with E-state index in [2.05, 4.69) is 15.3 Å². The lowest BCUT2D eigenvalue weighted by Crippen LogP contribution is -2.40. The maximum absolute atomic E-state index is 12.6. The number of halogens is 1. The number of pyridine rings is 1. The number of methoxy groups -OCH3 is 1. The molecule has 1 saturated heterocycles. The average Bonchev–Trinajstić information content (AvgIpc) is 3.18. The molecule has 1 aliphatic heterocycles. The summed E-state index contributed by atoms with van der Waals surface area (Å²) in [5.74, 6) is 1.39. The quantitative estimate of drug-likeness (QED) is 0.586. The van der Waals surface area contributed by atoms with E-state index in [4.69, 9.17) is 25.5 Å². The number of urea groups is 1. The van der Waals surface area contributed by atoms with Gasteiger partial charge in [0.1, 0.15) is 12.1 Å². The summed E-state index contributed by atoms with van der Waals surface area (Å²) in [4.78, 5) is 23.1. The van der Waals surface area contributed by atoms with Crippen LogP contribution in [0.5, 0.6) is 5.88 Å². The summed E-state index contributed by atoms with van der Waals surface area (Å²) in [6.07, 6.45) is 3.16. The van der Waals surface area contributed by atoms with Gasteiger partial charge >= 0.3 is 6.03 Å². The highest BCUT2D eigenvalue weighted by Crippen LogP contribution is 2.31. The lowest BCUT2D eigenvalue weighted by atomic mass is 9.97. The highest BCUT2D eigenvalue weighted by Gasteiger charge is 2.27. The van der Waals surface area contributed by atoms with E-state index in [0.29, 0.717) is 48.8 Å². The third-order valence-corrected chi connectivity index (χ3v) is 5.26. The monoisotopic (exact) mass is 430 g/mol. The van der Waals surface area contributed by atoms with Gasteiger partial charge in [0.25, 0.3) is 0 Å². The van der Waals surface area contributed by atoms with Crippen LogP contribution in [0.2, 0.25) is 5.02 Å². The third kappa shape index (κ3) is 4.83. The van der Waals surface area contributed by atoms with Crippen molar-refractivity contribution in [3.63, 3.8) is 0 Å². The fourth-order valence-corrected chi connectivity index (χ4v) is 3.56. The predicted molar refractivity (Wildman–Crippen MR) is 113 cm³/mol. The van der Waals surface area contributed by atoms with Gasteiger partial charge < -0.3 is 24.1 Å². The van der Waals surface area contributed by atoms with Crippen molar-refractivity contribution in [1.82, 2.24) is 14.9 Å². The molecule has 158 valence electrons. The Labute approximate surface area is 179 Å². The molecule has 1 N–H and O–H groups in total. The summed E-state index contributed by atoms with van der Waals surface area (Å²) >= 11 is 6.02. The molecule has 0 radical (unpaired) electrons. The van der Waals surface area contributed by atoms with Crippen LogP contribution < -0.4 is 10.1 Å². The summed E-state index contributed by atoms with van der Waals surface area (Å²) in [5, 5.41) is 3.52. The van der Waals surface area contributed by atoms with Gasteiger partial charge in [-0.15, -0.1) is 0 Å². The molecule has 1 fully saturated rings. The number of oxazole rings is 1. The van der Waals surface area contributed by atoms with E-state index in [1.54, 1.807) is 42.5 Å². The first-order valence-corrected chi connectivity index (χ1v) is 10.2. The molecule has 0 atom stereocenters. The molecule has 2 amide bonds. The fraction of sp³-hybridized carbons (Fsp3) is 0.381. The van der Waals surface area contributed by atoms with Crippen LogP contribution in [0, 0.1) is 0 Å². The van der Waals surface area contributed by atoms with Crippen molar-refractivity contribution >= 4 is 34.4 Å². The summed E-state index contributed by atoms with van der Waals surface area (Å²) < 4.78 is 16.2. The molecule has 4 rings (SSSR count). The number of hydrogen-bond acceptors (Lipinski definition) is 6. The van der Waals surface area contributed by atoms with Crippen molar-refractivity contribution < 1.29 is 18.7 Å². The van der Waals surface area contributed by atoms with Gasteiger partial charge in [0, 0.05) is 37.2 Å². The Kier molecular flexibility index (Phi) is 6.35. The molecule has 0 aliphatic carbocycles. The number of hydrogen-bond donors (Lipinski definition) is 1. The number of ether oxygens (including phenoxy) is 2. The van der Waals surface area contributed by atoms with E-state index >= 15 is 0 Å². The summed E-state index contributed by atoms with van der Waals surface area (Å²) in [5.41, 5.74) is 2.12. The molecule has 0 saturated carbocycles. The van der Waals surface area contributed by atoms with Crippen LogP contribution in [0.3, 0.4) is 0 Å². The second kappa shape index (κ2) is 9.32. The summed E-state index contributed by atoms with van der Waals surface area (Å²) in [7, 11) is 1.61. The SMILES string of the molecule is COCCOc1ccc(NC(=O)N2CCC(c3nc4cc(Cl)ccc4o3)CC2)cn1. The van der Waals surface area contributed by atoms with Gasteiger partial charge in [0.05, 0.1) is 18.5 Å². The molecule has 0 unspecified atom stereocenters. The largest absolute Gasteiger partial charge is 0.475 e. The maximum Gasteiger partial charge on any atom is 0.321 e. The Morgan fingerprint density at radius 1 is 1.27 bits per heavy atom. The van der Waals surface area contributed by atoms with E-state index in [1.807, 2.05) is 6.07 Å². The highest BCUT2D eigenvalue weighted by atomic mass is 35.5. The van der Waals surface area contributed by atoms with Crippen LogP contribution in [-0.4, -0.2) is 54.3 Å². The zero-order valence-electron chi connectivity index (χ0n) is 16.6. The van der Waals surface area contributed by atoms with Crippen molar-refractivity contribution in [3.05, 3.63) is 47.4 Å². The number of rotatable bonds is 6. The number of aromatic nitrogens is 2. The van der Waals surface area contributed by atoms with Gasteiger partial charge in [0.15, 0.2) is 11.5 Å². The Bertz CT molecular complexity index is 1000. The van der Waals surface area contributed by atoms with Crippen LogP contribution in [0.15, 0.2) is 40.9 Å². The fourth-order valence-electron chi connectivity index (χ4n) is 3.39. The summed E-state index contributed by atoms with van der Waals surface area (Å²) in [6.45, 7) is 2.17. The number of fused-ring (bicyclic) bond motifs is 1. The number of likely N-dealkylation sites (tertiary alicyclic amines) is 1. The topological polar surface area (TPSA) is 89.7 Å². The molecule has 0 spiro atoms. The number of piperidine rings is 1. The average molecular weight is 431 g/mol. The van der Waals surface area contributed by atoms with Crippen LogP contribution in [0.25, 0.3) is 11.1 Å². The molecular formula is C21H23ClN4O4. The molecule has 1 aromatic carbocycles. The number of carbonyl (C=O) groups excluding carboxylic acids is 1. The number of benzene rings is 1. The smallest absolute Gasteiger partial charge is 0.321 e. The van der Waals surface area contributed by atoms with Gasteiger partial charge in [-0.3, -0.25) is 0 Å². The first-order valence-electron chi connectivity index (χ1n) is 9.82. The molecule has 3 aromatic rings. The van der Waals surface area contributed by atoms with Gasteiger partial charge in [-0.2, -0.15) is 0 Å². The number of anilines is 1. The molecule has 1 aliphatic rings. The second-order valence-corrected chi connectivity index (χ2v) is 7.52. The lowest BCUT2D eigenvalue weighted by molar-refractivity contribution is 0.144. The zero-order valence-corrected chi connectivity index (χ0v) is 17.4. The third-order valence-electron chi connectivity index (χ3n) is 5.02. The number of nitrogens with zero attached hydrogens (tertiary/aromatic N) is 3. The van der Waals surface area contributed by atoms with Crippen molar-refractivity contribution in [2.45, 2.75) is 18.8 Å². The Morgan fingerprint density at radius 3 is 2.83 bits per heavy atom. The highest BCUT2D eigenvalue weighted by molar-refractivity contribution is 6.31. The molecule has 9 heteroatoms. The minimum absolute atomic E-state index is 0.146. The molecule has 30 heavy (non-hydrogen) atoms. The summed E-state index contributed by atoms with van der Waals surface area (Å²) in [6, 6.07) is 8.76. The van der Waals surface area contributed by atoms with Crippen molar-refractivity contribution in [1.29, 1.82) is 0 Å². The van der Waals surface area contributed by atoms with E-state index < -0.39 is 0 Å². The minimum Gasteiger partial charge on any atom is -0.475 e. The first-order chi connectivity index (χ1) is 14.6. The normalized spacial score (nSPS) is 14.8. The minimum atomic E-state index is -0.146. The Balaban J connectivity index is 1.29. The van der Waals surface area contributed by atoms with Crippen LogP contribution in [-0.2, 0) is 4.74 Å². The first kappa shape index (κ1) is 20.4. The van der Waals surface area contributed by atoms with Gasteiger partial charge in [0.2, 0.25) is 5.88 Å². The van der Waals surface area contributed by atoms with Crippen molar-refractivity contribution in [2.75, 3.05) is 38.7 Å². The molecule has 3 heterocycles. The standard InChI is InChI=1S/C21H23ClN4O4/c1-28-10-11-29-19-5-3-16(13-23-19)24-21(27)26-8-6-14(7-9-26)20-25-17-12-15(22)2-4-18(17)30-20/h2-5,12-14H,6-11H2,1H3,(H,24,27). The Hall–Kier alpha value is -2.84. The van der Waals surface area contributed by atoms with Crippen molar-refractivity contribution in [3.8, 4) is 5.88 Å². The molecular weight excluding hydrogens is 408 g/mol. The van der Waals surface area contributed by atoms with E-state index in [9.17, 15) is 4.79 Å². The lowest BCUT2D eigenvalue weighted by Gasteiger charge is -2.30. The van der Waals surface area contributed by atoms with Gasteiger partial charge in [-0.05, 0) is 37.1 Å². The number of amides is 2. The van der Waals surface area contributed by atoms with E-state index in [-0.39, 0.29) is 11.9 Å². The Morgan fingerprint density at radius 2 is 2.10 bits per heavy atom. The van der Waals surface area contributed by atoms with Crippen LogP contribution in [0.4, 0.5) is 10.5 Å². The van der Waals surface area contributed by atoms with E-state index in [0.717, 1.165) is 23.9 Å². The maximum atomic E-state index is 12.6. The van der Waals surface area contributed by atoms with E-state index in [1.165, 1.54) is 0 Å². The number of carbonyl (C=O) groups is 1. The number of nitrogens with one attached hydrogen (secondary N) is 1. The van der Waals surface area contributed by atoms with Gasteiger partial charge in [-0.1, -0.05) is 11.6 Å². The van der Waals surface area contributed by atoms with Gasteiger partial charge in [-0.25, -0.2) is 14.8 Å². The molecule has 0 bridgehead atoms. The van der Waals surface area contributed by atoms with Crippen LogP contribution in [0.1, 0.15) is 24.7 Å².